The topological polar surface area (TPSA) is 79.1 Å². The Kier molecular flexibility index (Phi) is 4.71. The predicted molar refractivity (Wildman–Crippen MR) is 96.1 cm³/mol. The number of hydrogen-bond donors (Lipinski definition) is 0. The molecule has 0 amide bonds. The van der Waals surface area contributed by atoms with Crippen molar-refractivity contribution in [2.45, 2.75) is 31.7 Å². The fourth-order valence-corrected chi connectivity index (χ4v) is 2.56. The van der Waals surface area contributed by atoms with Crippen LogP contribution in [-0.4, -0.2) is 31.2 Å². The van der Waals surface area contributed by atoms with Crippen LogP contribution in [0.3, 0.4) is 0 Å². The van der Waals surface area contributed by atoms with Crippen molar-refractivity contribution in [2.24, 2.45) is 0 Å². The Bertz CT molecular complexity index is 903. The molecule has 7 nitrogen and oxygen atoms in total. The molecule has 0 saturated heterocycles. The summed E-state index contributed by atoms with van der Waals surface area (Å²) in [7, 11) is 0. The Labute approximate surface area is 153 Å². The summed E-state index contributed by atoms with van der Waals surface area (Å²) in [6.45, 7) is 5.41. The van der Waals surface area contributed by atoms with E-state index >= 15 is 0 Å². The number of fused-ring (bicyclic) bond motifs is 1. The van der Waals surface area contributed by atoms with Gasteiger partial charge in [-0.05, 0) is 32.9 Å². The first-order valence-electron chi connectivity index (χ1n) is 7.63. The van der Waals surface area contributed by atoms with Crippen molar-refractivity contribution < 1.29 is 14.3 Å². The van der Waals surface area contributed by atoms with E-state index in [1.165, 1.54) is 10.9 Å². The molecule has 0 N–H and O–H groups in total. The molecular weight excluding hydrogens is 388 g/mol. The van der Waals surface area contributed by atoms with Crippen LogP contribution >= 0.6 is 15.9 Å². The molecule has 3 rings (SSSR count). The summed E-state index contributed by atoms with van der Waals surface area (Å²) in [5, 5.41) is 0.355. The van der Waals surface area contributed by atoms with Crippen LogP contribution in [0.5, 0.6) is 11.6 Å². The number of alkyl halides is 1. The summed E-state index contributed by atoms with van der Waals surface area (Å²) in [6.07, 6.45) is 0.787. The van der Waals surface area contributed by atoms with Gasteiger partial charge in [-0.2, -0.15) is 4.98 Å². The summed E-state index contributed by atoms with van der Waals surface area (Å²) in [6, 6.07) is 9.23. The molecule has 130 valence electrons. The number of carbonyl (C=O) groups is 1. The molecule has 1 aromatic carbocycles. The first kappa shape index (κ1) is 17.3. The Morgan fingerprint density at radius 3 is 2.56 bits per heavy atom. The number of ether oxygens (including phenoxy) is 2. The largest absolute Gasteiger partial charge is 0.443 e. The zero-order chi connectivity index (χ0) is 18.0. The van der Waals surface area contributed by atoms with Gasteiger partial charge in [0.15, 0.2) is 11.2 Å². The lowest BCUT2D eigenvalue weighted by atomic mass is 10.2. The monoisotopic (exact) mass is 404 g/mol. The number of hydrogen-bond acceptors (Lipinski definition) is 6. The summed E-state index contributed by atoms with van der Waals surface area (Å²) in [5.41, 5.74) is 0.101. The van der Waals surface area contributed by atoms with Crippen LogP contribution in [0.25, 0.3) is 11.2 Å². The molecule has 2 aromatic heterocycles. The Morgan fingerprint density at radius 2 is 1.92 bits per heavy atom. The third-order valence-electron chi connectivity index (χ3n) is 3.13. The second-order valence-electron chi connectivity index (χ2n) is 6.24. The average molecular weight is 405 g/mol. The van der Waals surface area contributed by atoms with E-state index in [-0.39, 0.29) is 5.88 Å². The molecule has 0 atom stereocenters. The average Bonchev–Trinajstić information content (AvgIpc) is 2.94. The Hall–Kier alpha value is -2.48. The van der Waals surface area contributed by atoms with E-state index in [2.05, 4.69) is 30.9 Å². The maximum atomic E-state index is 12.6. The SMILES string of the molecule is CC(C)(C)OC(=O)n1c(CBr)nc2c(Oc3ccccc3)ncnc21. The van der Waals surface area contributed by atoms with Gasteiger partial charge >= 0.3 is 6.09 Å². The molecule has 0 radical (unpaired) electrons. The zero-order valence-electron chi connectivity index (χ0n) is 14.1. The van der Waals surface area contributed by atoms with Gasteiger partial charge in [0.25, 0.3) is 5.88 Å². The lowest BCUT2D eigenvalue weighted by Gasteiger charge is -2.20. The van der Waals surface area contributed by atoms with Crippen molar-refractivity contribution in [1.29, 1.82) is 0 Å². The highest BCUT2D eigenvalue weighted by molar-refractivity contribution is 9.08. The van der Waals surface area contributed by atoms with Crippen LogP contribution in [0.1, 0.15) is 26.6 Å². The van der Waals surface area contributed by atoms with E-state index in [1.54, 1.807) is 20.8 Å². The molecule has 0 bridgehead atoms. The molecule has 8 heteroatoms. The number of nitrogens with zero attached hydrogens (tertiary/aromatic N) is 4. The van der Waals surface area contributed by atoms with E-state index in [0.717, 1.165) is 0 Å². The van der Waals surface area contributed by atoms with E-state index in [0.29, 0.717) is 28.1 Å². The predicted octanol–water partition coefficient (Wildman–Crippen LogP) is 4.30. The van der Waals surface area contributed by atoms with Crippen molar-refractivity contribution in [3.8, 4) is 11.6 Å². The molecule has 3 aromatic rings. The van der Waals surface area contributed by atoms with Crippen molar-refractivity contribution in [3.63, 3.8) is 0 Å². The molecule has 0 aliphatic heterocycles. The maximum Gasteiger partial charge on any atom is 0.421 e. The molecule has 2 heterocycles. The van der Waals surface area contributed by atoms with Crippen LogP contribution in [0.2, 0.25) is 0 Å². The number of rotatable bonds is 3. The number of imidazole rings is 1. The van der Waals surface area contributed by atoms with Crippen LogP contribution in [0, 0.1) is 0 Å². The van der Waals surface area contributed by atoms with E-state index in [1.807, 2.05) is 30.3 Å². The number of benzene rings is 1. The van der Waals surface area contributed by atoms with Crippen LogP contribution in [0.15, 0.2) is 36.7 Å². The first-order chi connectivity index (χ1) is 11.9. The molecule has 0 fully saturated rings. The highest BCUT2D eigenvalue weighted by Crippen LogP contribution is 2.27. The van der Waals surface area contributed by atoms with E-state index in [4.69, 9.17) is 9.47 Å². The smallest absolute Gasteiger partial charge is 0.421 e. The third-order valence-corrected chi connectivity index (χ3v) is 3.64. The molecule has 0 aliphatic carbocycles. The lowest BCUT2D eigenvalue weighted by Crippen LogP contribution is -2.28. The van der Waals surface area contributed by atoms with E-state index < -0.39 is 11.7 Å². The van der Waals surface area contributed by atoms with Crippen LogP contribution in [-0.2, 0) is 10.1 Å². The number of para-hydroxylation sites is 1. The van der Waals surface area contributed by atoms with Crippen molar-refractivity contribution in [1.82, 2.24) is 19.5 Å². The van der Waals surface area contributed by atoms with Crippen LogP contribution in [0.4, 0.5) is 4.79 Å². The Morgan fingerprint density at radius 1 is 1.20 bits per heavy atom. The standard InChI is InChI=1S/C17H17BrN4O3/c1-17(2,3)25-16(23)22-12(9-18)21-13-14(22)19-10-20-15(13)24-11-7-5-4-6-8-11/h4-8,10H,9H2,1-3H3. The molecular formula is C17H17BrN4O3. The second-order valence-corrected chi connectivity index (χ2v) is 6.80. The van der Waals surface area contributed by atoms with Crippen molar-refractivity contribution >= 4 is 33.2 Å². The number of halogens is 1. The lowest BCUT2D eigenvalue weighted by molar-refractivity contribution is 0.0539. The van der Waals surface area contributed by atoms with Crippen molar-refractivity contribution in [3.05, 3.63) is 42.5 Å². The van der Waals surface area contributed by atoms with Gasteiger partial charge in [0.05, 0.1) is 5.33 Å². The van der Waals surface area contributed by atoms with Gasteiger partial charge in [-0.3, -0.25) is 0 Å². The zero-order valence-corrected chi connectivity index (χ0v) is 15.6. The second kappa shape index (κ2) is 6.79. The fraction of sp³-hybridized carbons (Fsp3) is 0.294. The van der Waals surface area contributed by atoms with Gasteiger partial charge in [-0.25, -0.2) is 19.3 Å². The summed E-state index contributed by atoms with van der Waals surface area (Å²) in [4.78, 5) is 25.3. The minimum Gasteiger partial charge on any atom is -0.443 e. The minimum atomic E-state index is -0.631. The molecule has 0 unspecified atom stereocenters. The highest BCUT2D eigenvalue weighted by Gasteiger charge is 2.25. The van der Waals surface area contributed by atoms with Gasteiger partial charge in [0, 0.05) is 0 Å². The van der Waals surface area contributed by atoms with Gasteiger partial charge in [0.1, 0.15) is 23.5 Å². The molecule has 25 heavy (non-hydrogen) atoms. The maximum absolute atomic E-state index is 12.6. The molecule has 0 saturated carbocycles. The number of aromatic nitrogens is 4. The fourth-order valence-electron chi connectivity index (χ4n) is 2.18. The summed E-state index contributed by atoms with van der Waals surface area (Å²) < 4.78 is 12.6. The minimum absolute atomic E-state index is 0.278. The number of carbonyl (C=O) groups excluding carboxylic acids is 1. The first-order valence-corrected chi connectivity index (χ1v) is 8.76. The van der Waals surface area contributed by atoms with Crippen LogP contribution < -0.4 is 4.74 Å². The Balaban J connectivity index is 2.07. The molecule has 0 spiro atoms. The third kappa shape index (κ3) is 3.79. The van der Waals surface area contributed by atoms with E-state index in [9.17, 15) is 4.79 Å². The summed E-state index contributed by atoms with van der Waals surface area (Å²) >= 11 is 3.35. The van der Waals surface area contributed by atoms with Crippen molar-refractivity contribution in [2.75, 3.05) is 0 Å². The highest BCUT2D eigenvalue weighted by atomic mass is 79.9. The van der Waals surface area contributed by atoms with Gasteiger partial charge in [-0.1, -0.05) is 34.1 Å². The molecule has 0 aliphatic rings. The quantitative estimate of drug-likeness (QED) is 0.605. The van der Waals surface area contributed by atoms with Gasteiger partial charge in [0.2, 0.25) is 0 Å². The van der Waals surface area contributed by atoms with Gasteiger partial charge in [-0.15, -0.1) is 0 Å². The van der Waals surface area contributed by atoms with Gasteiger partial charge < -0.3 is 9.47 Å². The normalized spacial score (nSPS) is 11.5. The summed E-state index contributed by atoms with van der Waals surface area (Å²) in [5.74, 6) is 1.36.